The van der Waals surface area contributed by atoms with Crippen molar-refractivity contribution in [3.8, 4) is 0 Å². The molecule has 2 amide bonds. The van der Waals surface area contributed by atoms with Gasteiger partial charge in [-0.25, -0.2) is 4.79 Å². The molecule has 1 aliphatic heterocycles. The van der Waals surface area contributed by atoms with E-state index in [-0.39, 0.29) is 23.6 Å². The Morgan fingerprint density at radius 3 is 2.41 bits per heavy atom. The van der Waals surface area contributed by atoms with Gasteiger partial charge < -0.3 is 15.3 Å². The summed E-state index contributed by atoms with van der Waals surface area (Å²) in [5.41, 5.74) is 2.86. The molecule has 0 bridgehead atoms. The molecule has 1 saturated heterocycles. The number of nitrogens with zero attached hydrogens (tertiary/aromatic N) is 1. The van der Waals surface area contributed by atoms with Crippen molar-refractivity contribution in [3.05, 3.63) is 71.3 Å². The van der Waals surface area contributed by atoms with Gasteiger partial charge in [0.15, 0.2) is 0 Å². The smallest absolute Gasteiger partial charge is 0.326 e. The molecule has 170 valence electrons. The Kier molecular flexibility index (Phi) is 8.26. The van der Waals surface area contributed by atoms with Crippen LogP contribution >= 0.6 is 24.4 Å². The Bertz CT molecular complexity index is 952. The lowest BCUT2D eigenvalue weighted by atomic mass is 10.0. The zero-order chi connectivity index (χ0) is 23.3. The molecule has 0 saturated carbocycles. The summed E-state index contributed by atoms with van der Waals surface area (Å²) in [5.74, 6) is -1.32. The molecular formula is C24H28N2O4S2. The molecule has 0 spiro atoms. The van der Waals surface area contributed by atoms with Gasteiger partial charge in [0.05, 0.1) is 0 Å². The third-order valence-corrected chi connectivity index (χ3v) is 7.38. The monoisotopic (exact) mass is 472 g/mol. The van der Waals surface area contributed by atoms with E-state index in [1.54, 1.807) is 11.8 Å². The summed E-state index contributed by atoms with van der Waals surface area (Å²) in [4.78, 5) is 39.9. The number of carbonyl (C=O) groups excluding carboxylic acids is 2. The van der Waals surface area contributed by atoms with Gasteiger partial charge in [-0.3, -0.25) is 9.59 Å². The Balaban J connectivity index is 1.83. The number of thiol groups is 1. The first-order chi connectivity index (χ1) is 15.3. The topological polar surface area (TPSA) is 86.7 Å². The molecular weight excluding hydrogens is 444 g/mol. The van der Waals surface area contributed by atoms with Crippen LogP contribution in [0.25, 0.3) is 0 Å². The lowest BCUT2D eigenvalue weighted by Gasteiger charge is -2.31. The van der Waals surface area contributed by atoms with Crippen LogP contribution < -0.4 is 5.32 Å². The SMILES string of the molecule is Cc1ccc([C@H]2SC[C@@H](C(=O)N[C@@H](Cc3ccccc3)C(=O)O)N2C(=O)[C@H](C)CS)cc1. The molecule has 3 rings (SSSR count). The maximum atomic E-state index is 13.2. The molecule has 0 unspecified atom stereocenters. The Morgan fingerprint density at radius 2 is 1.81 bits per heavy atom. The molecule has 2 aromatic rings. The molecule has 2 aromatic carbocycles. The van der Waals surface area contributed by atoms with E-state index >= 15 is 0 Å². The third-order valence-electron chi connectivity index (χ3n) is 5.51. The van der Waals surface area contributed by atoms with Gasteiger partial charge in [0.1, 0.15) is 17.5 Å². The standard InChI is InChI=1S/C24H28N2O4S2/c1-15-8-10-18(11-9-15)23-26(22(28)16(2)13-31)20(14-32-23)21(27)25-19(24(29)30)12-17-6-4-3-5-7-17/h3-11,16,19-20,23,31H,12-14H2,1-2H3,(H,25,27)(H,29,30)/t16-,19+,20+,23-/m1/s1. The molecule has 4 atom stereocenters. The molecule has 0 aromatic heterocycles. The van der Waals surface area contributed by atoms with Crippen molar-refractivity contribution in [1.82, 2.24) is 10.2 Å². The summed E-state index contributed by atoms with van der Waals surface area (Å²) < 4.78 is 0. The van der Waals surface area contributed by atoms with Gasteiger partial charge in [0, 0.05) is 23.8 Å². The van der Waals surface area contributed by atoms with Crippen LogP contribution in [0.15, 0.2) is 54.6 Å². The Morgan fingerprint density at radius 1 is 1.16 bits per heavy atom. The number of carboxylic acids is 1. The summed E-state index contributed by atoms with van der Waals surface area (Å²) in [6.07, 6.45) is 0.171. The average Bonchev–Trinajstić information content (AvgIpc) is 3.24. The van der Waals surface area contributed by atoms with Crippen molar-refractivity contribution in [2.24, 2.45) is 5.92 Å². The number of nitrogens with one attached hydrogen (secondary N) is 1. The highest BCUT2D eigenvalue weighted by atomic mass is 32.2. The summed E-state index contributed by atoms with van der Waals surface area (Å²) >= 11 is 5.78. The van der Waals surface area contributed by atoms with E-state index in [2.05, 4.69) is 17.9 Å². The maximum absolute atomic E-state index is 13.2. The number of carbonyl (C=O) groups is 3. The van der Waals surface area contributed by atoms with Gasteiger partial charge in [-0.2, -0.15) is 12.6 Å². The molecule has 1 aliphatic rings. The van der Waals surface area contributed by atoms with Gasteiger partial charge in [0.25, 0.3) is 0 Å². The van der Waals surface area contributed by atoms with Crippen LogP contribution in [0.3, 0.4) is 0 Å². The number of carboxylic acid groups (broad SMARTS) is 1. The number of aryl methyl sites for hydroxylation is 1. The molecule has 1 heterocycles. The maximum Gasteiger partial charge on any atom is 0.326 e. The highest BCUT2D eigenvalue weighted by molar-refractivity contribution is 7.99. The van der Waals surface area contributed by atoms with Crippen LogP contribution in [-0.2, 0) is 20.8 Å². The minimum atomic E-state index is -1.11. The number of hydrogen-bond acceptors (Lipinski definition) is 5. The predicted octanol–water partition coefficient (Wildman–Crippen LogP) is 3.32. The number of aliphatic carboxylic acids is 1. The average molecular weight is 473 g/mol. The first-order valence-electron chi connectivity index (χ1n) is 10.5. The zero-order valence-corrected chi connectivity index (χ0v) is 19.8. The minimum absolute atomic E-state index is 0.161. The highest BCUT2D eigenvalue weighted by Gasteiger charge is 2.44. The number of rotatable bonds is 8. The van der Waals surface area contributed by atoms with E-state index in [1.165, 1.54) is 11.8 Å². The fourth-order valence-electron chi connectivity index (χ4n) is 3.62. The summed E-state index contributed by atoms with van der Waals surface area (Å²) in [6.45, 7) is 3.78. The molecule has 1 fully saturated rings. The first kappa shape index (κ1) is 24.2. The normalized spacial score (nSPS) is 19.9. The fraction of sp³-hybridized carbons (Fsp3) is 0.375. The van der Waals surface area contributed by atoms with Crippen LogP contribution in [-0.4, -0.2) is 51.4 Å². The third kappa shape index (κ3) is 5.66. The molecule has 2 N–H and O–H groups in total. The van der Waals surface area contributed by atoms with E-state index in [9.17, 15) is 19.5 Å². The van der Waals surface area contributed by atoms with Crippen LogP contribution in [0.4, 0.5) is 0 Å². The lowest BCUT2D eigenvalue weighted by Crippen LogP contribution is -2.53. The molecule has 8 heteroatoms. The second kappa shape index (κ2) is 10.9. The molecule has 0 aliphatic carbocycles. The van der Waals surface area contributed by atoms with E-state index in [0.29, 0.717) is 11.5 Å². The van der Waals surface area contributed by atoms with Crippen molar-refractivity contribution < 1.29 is 19.5 Å². The Hall–Kier alpha value is -2.45. The number of amides is 2. The van der Waals surface area contributed by atoms with Gasteiger partial charge in [-0.1, -0.05) is 67.1 Å². The van der Waals surface area contributed by atoms with Crippen molar-refractivity contribution >= 4 is 42.2 Å². The summed E-state index contributed by atoms with van der Waals surface area (Å²) in [5, 5.41) is 12.0. The van der Waals surface area contributed by atoms with Crippen molar-refractivity contribution in [1.29, 1.82) is 0 Å². The van der Waals surface area contributed by atoms with Crippen molar-refractivity contribution in [2.75, 3.05) is 11.5 Å². The molecule has 32 heavy (non-hydrogen) atoms. The van der Waals surface area contributed by atoms with Gasteiger partial charge in [0.2, 0.25) is 11.8 Å². The number of thioether (sulfide) groups is 1. The molecule has 0 radical (unpaired) electrons. The second-order valence-electron chi connectivity index (χ2n) is 8.03. The number of hydrogen-bond donors (Lipinski definition) is 3. The summed E-state index contributed by atoms with van der Waals surface area (Å²) in [7, 11) is 0. The fourth-order valence-corrected chi connectivity index (χ4v) is 5.21. The van der Waals surface area contributed by atoms with Crippen molar-refractivity contribution in [3.63, 3.8) is 0 Å². The van der Waals surface area contributed by atoms with E-state index in [1.807, 2.05) is 61.5 Å². The summed E-state index contributed by atoms with van der Waals surface area (Å²) in [6, 6.07) is 15.2. The number of benzene rings is 2. The van der Waals surface area contributed by atoms with E-state index in [4.69, 9.17) is 0 Å². The lowest BCUT2D eigenvalue weighted by molar-refractivity contribution is -0.145. The van der Waals surface area contributed by atoms with Crippen molar-refractivity contribution in [2.45, 2.75) is 37.7 Å². The van der Waals surface area contributed by atoms with E-state index in [0.717, 1.165) is 16.7 Å². The highest BCUT2D eigenvalue weighted by Crippen LogP contribution is 2.42. The van der Waals surface area contributed by atoms with Crippen LogP contribution in [0, 0.1) is 12.8 Å². The second-order valence-corrected chi connectivity index (χ2v) is 9.51. The van der Waals surface area contributed by atoms with Gasteiger partial charge >= 0.3 is 5.97 Å². The van der Waals surface area contributed by atoms with Crippen LogP contribution in [0.1, 0.15) is 29.0 Å². The predicted molar refractivity (Wildman–Crippen MR) is 130 cm³/mol. The zero-order valence-electron chi connectivity index (χ0n) is 18.1. The largest absolute Gasteiger partial charge is 0.480 e. The van der Waals surface area contributed by atoms with E-state index < -0.39 is 24.0 Å². The molecule has 6 nitrogen and oxygen atoms in total. The minimum Gasteiger partial charge on any atom is -0.480 e. The van der Waals surface area contributed by atoms with Gasteiger partial charge in [-0.15, -0.1) is 11.8 Å². The van der Waals surface area contributed by atoms with Gasteiger partial charge in [-0.05, 0) is 18.1 Å². The van der Waals surface area contributed by atoms with Crippen LogP contribution in [0.5, 0.6) is 0 Å². The quantitative estimate of drug-likeness (QED) is 0.513. The van der Waals surface area contributed by atoms with Crippen LogP contribution in [0.2, 0.25) is 0 Å². The Labute approximate surface area is 198 Å². The first-order valence-corrected chi connectivity index (χ1v) is 12.2.